The molecular weight excluding hydrogens is 1480 g/mol. The lowest BCUT2D eigenvalue weighted by Gasteiger charge is -2.18. The Kier molecular flexibility index (Phi) is 17.1. The lowest BCUT2D eigenvalue weighted by molar-refractivity contribution is 0.669. The summed E-state index contributed by atoms with van der Waals surface area (Å²) in [5.74, 6) is 1.48. The molecule has 564 valence electrons. The lowest BCUT2D eigenvalue weighted by atomic mass is 9.85. The number of furan rings is 3. The molecule has 25 aromatic rings. The van der Waals surface area contributed by atoms with Gasteiger partial charge >= 0.3 is 0 Å². The summed E-state index contributed by atoms with van der Waals surface area (Å²) in [4.78, 5) is 23.0. The Morgan fingerprint density at radius 1 is 0.157 bits per heavy atom. The van der Waals surface area contributed by atoms with Crippen LogP contribution in [-0.2, 0) is 0 Å². The maximum absolute atomic E-state index is 6.37. The van der Waals surface area contributed by atoms with Gasteiger partial charge in [-0.1, -0.05) is 334 Å². The molecule has 0 radical (unpaired) electrons. The number of hydrogen-bond acceptors (Lipinski definition) is 8. The van der Waals surface area contributed by atoms with Crippen LogP contribution in [0.2, 0.25) is 0 Å². The standard InChI is InChI=1S/C41H25NO.2C36H22N2O/c1-3-13-34-32(11-1)39(33-12-2-4-14-35(33)40(34)29-22-23-37-28(25-29)9-8-24-42-37)27-20-18-26(19-21-27)30-15-7-16-36-31-10-5-6-17-38(31)43-41(30)36;1-3-15-29-27(13-1)33(28-14-2-4-16-30(28)34(29)36-37-20-9-21-38-36)24-11-7-10-23(22-24)25-17-8-18-31-26-12-5-6-19-32(26)39-35(25)31;1-3-12-29-27(10-1)33(28-11-2-4-13-30(28)34(29)36-37-21-8-22-38-36)24-19-17-23(18-20-24)25-14-7-15-31-26-9-5-6-16-32(26)39-35(25)31/h1-25H;2*1-22H. The minimum absolute atomic E-state index is 0.738. The molecule has 6 aromatic heterocycles. The molecule has 6 heterocycles. The van der Waals surface area contributed by atoms with Gasteiger partial charge in [0, 0.05) is 96.5 Å². The second-order valence-corrected chi connectivity index (χ2v) is 30.7. The molecule has 8 heteroatoms. The third-order valence-electron chi connectivity index (χ3n) is 23.9. The van der Waals surface area contributed by atoms with E-state index in [1.165, 1.54) is 82.0 Å². The Morgan fingerprint density at radius 3 is 0.785 bits per heavy atom. The average Bonchev–Trinajstić information content (AvgIpc) is 1.74. The number of para-hydroxylation sites is 6. The maximum atomic E-state index is 6.37. The van der Waals surface area contributed by atoms with Crippen LogP contribution in [0, 0.1) is 0 Å². The van der Waals surface area contributed by atoms with Crippen LogP contribution in [0.15, 0.2) is 432 Å². The molecule has 0 aliphatic heterocycles. The Hall–Kier alpha value is -16.3. The molecule has 0 aliphatic carbocycles. The van der Waals surface area contributed by atoms with E-state index in [1.807, 2.05) is 73.2 Å². The molecule has 0 N–H and O–H groups in total. The van der Waals surface area contributed by atoms with Gasteiger partial charge in [0.15, 0.2) is 11.6 Å². The topological polar surface area (TPSA) is 104 Å². The Morgan fingerprint density at radius 2 is 0.421 bits per heavy atom. The van der Waals surface area contributed by atoms with Gasteiger partial charge in [-0.2, -0.15) is 0 Å². The maximum Gasteiger partial charge on any atom is 0.160 e. The van der Waals surface area contributed by atoms with Gasteiger partial charge in [0.25, 0.3) is 0 Å². The Bertz CT molecular complexity index is 8220. The van der Waals surface area contributed by atoms with Gasteiger partial charge in [-0.3, -0.25) is 4.98 Å². The highest BCUT2D eigenvalue weighted by atomic mass is 16.3. The molecule has 121 heavy (non-hydrogen) atoms. The zero-order valence-electron chi connectivity index (χ0n) is 65.3. The van der Waals surface area contributed by atoms with Gasteiger partial charge in [0.2, 0.25) is 0 Å². The number of pyridine rings is 1. The fourth-order valence-electron chi connectivity index (χ4n) is 18.6. The van der Waals surface area contributed by atoms with E-state index in [4.69, 9.17) is 13.3 Å². The van der Waals surface area contributed by atoms with Crippen molar-refractivity contribution in [3.05, 3.63) is 419 Å². The number of hydrogen-bond donors (Lipinski definition) is 0. The van der Waals surface area contributed by atoms with E-state index in [1.54, 1.807) is 12.4 Å². The smallest absolute Gasteiger partial charge is 0.160 e. The molecule has 0 fully saturated rings. The number of benzene rings is 19. The van der Waals surface area contributed by atoms with E-state index >= 15 is 0 Å². The first-order chi connectivity index (χ1) is 60.1. The van der Waals surface area contributed by atoms with Gasteiger partial charge in [0.05, 0.1) is 5.52 Å². The van der Waals surface area contributed by atoms with Crippen LogP contribution in [0.25, 0.3) is 242 Å². The van der Waals surface area contributed by atoms with Crippen LogP contribution < -0.4 is 0 Å². The molecule has 25 rings (SSSR count). The first kappa shape index (κ1) is 70.1. The van der Waals surface area contributed by atoms with Crippen LogP contribution in [0.1, 0.15) is 0 Å². The highest BCUT2D eigenvalue weighted by Gasteiger charge is 2.24. The van der Waals surface area contributed by atoms with Crippen molar-refractivity contribution in [3.8, 4) is 101 Å². The third-order valence-corrected chi connectivity index (χ3v) is 23.9. The highest BCUT2D eigenvalue weighted by molar-refractivity contribution is 6.25. The fourth-order valence-corrected chi connectivity index (χ4v) is 18.6. The molecule has 0 bridgehead atoms. The molecular formula is C113H69N5O3. The SMILES string of the molecule is c1cnc(-c2c3ccccc3c(-c3ccc(-c4cccc5c4oc4ccccc45)cc3)c3ccccc23)nc1.c1cnc(-c2c3ccccc3c(-c3cccc(-c4cccc5c4oc4ccccc45)c3)c3ccccc23)nc1.c1cnc2ccc(-c3c4ccccc4c(-c4ccc(-c5cccc6c5oc5ccccc56)cc4)c4ccccc34)cc2c1. The molecule has 8 nitrogen and oxygen atoms in total. The first-order valence-corrected chi connectivity index (χ1v) is 40.8. The van der Waals surface area contributed by atoms with Crippen molar-refractivity contribution in [2.75, 3.05) is 0 Å². The van der Waals surface area contributed by atoms with E-state index < -0.39 is 0 Å². The Balaban J connectivity index is 0.000000106. The van der Waals surface area contributed by atoms with E-state index in [0.717, 1.165) is 160 Å². The largest absolute Gasteiger partial charge is 0.455 e. The Labute approximate surface area is 694 Å². The quantitative estimate of drug-likeness (QED) is 0.132. The summed E-state index contributed by atoms with van der Waals surface area (Å²) in [6, 6.07) is 137. The van der Waals surface area contributed by atoms with Crippen molar-refractivity contribution in [2.24, 2.45) is 0 Å². The second kappa shape index (κ2) is 29.5. The van der Waals surface area contributed by atoms with Gasteiger partial charge in [0.1, 0.15) is 33.5 Å². The number of aromatic nitrogens is 5. The van der Waals surface area contributed by atoms with Crippen LogP contribution in [0.4, 0.5) is 0 Å². The highest BCUT2D eigenvalue weighted by Crippen LogP contribution is 2.50. The van der Waals surface area contributed by atoms with Crippen LogP contribution in [0.5, 0.6) is 0 Å². The van der Waals surface area contributed by atoms with Crippen molar-refractivity contribution < 1.29 is 13.3 Å². The van der Waals surface area contributed by atoms with Crippen molar-refractivity contribution >= 4 is 141 Å². The summed E-state index contributed by atoms with van der Waals surface area (Å²) < 4.78 is 19.0. The van der Waals surface area contributed by atoms with Gasteiger partial charge in [-0.25, -0.2) is 19.9 Å². The molecule has 0 saturated carbocycles. The first-order valence-electron chi connectivity index (χ1n) is 40.8. The second-order valence-electron chi connectivity index (χ2n) is 30.7. The molecule has 0 aliphatic rings. The molecule has 0 atom stereocenters. The summed E-state index contributed by atoms with van der Waals surface area (Å²) in [7, 11) is 0. The minimum atomic E-state index is 0.738. The predicted octanol–water partition coefficient (Wildman–Crippen LogP) is 30.8. The lowest BCUT2D eigenvalue weighted by Crippen LogP contribution is -1.94. The molecule has 0 amide bonds. The number of fused-ring (bicyclic) bond motifs is 16. The summed E-state index contributed by atoms with van der Waals surface area (Å²) in [5.41, 5.74) is 25.0. The van der Waals surface area contributed by atoms with Gasteiger partial charge in [-0.15, -0.1) is 0 Å². The average molecular weight is 1540 g/mol. The van der Waals surface area contributed by atoms with E-state index in [2.05, 4.69) is 359 Å². The zero-order chi connectivity index (χ0) is 79.9. The summed E-state index contributed by atoms with van der Waals surface area (Å²) >= 11 is 0. The van der Waals surface area contributed by atoms with Gasteiger partial charge in [-0.05, 0) is 180 Å². The van der Waals surface area contributed by atoms with E-state index in [0.29, 0.717) is 0 Å². The zero-order valence-corrected chi connectivity index (χ0v) is 65.3. The predicted molar refractivity (Wildman–Crippen MR) is 502 cm³/mol. The molecule has 19 aromatic carbocycles. The molecule has 0 saturated heterocycles. The van der Waals surface area contributed by atoms with Gasteiger partial charge < -0.3 is 13.3 Å². The number of rotatable bonds is 9. The normalized spacial score (nSPS) is 11.6. The molecule has 0 spiro atoms. The minimum Gasteiger partial charge on any atom is -0.455 e. The van der Waals surface area contributed by atoms with Crippen LogP contribution in [0.3, 0.4) is 0 Å². The van der Waals surface area contributed by atoms with Crippen LogP contribution >= 0.6 is 0 Å². The fraction of sp³-hybridized carbons (Fsp3) is 0. The van der Waals surface area contributed by atoms with Crippen molar-refractivity contribution in [1.82, 2.24) is 24.9 Å². The van der Waals surface area contributed by atoms with Crippen molar-refractivity contribution in [3.63, 3.8) is 0 Å². The van der Waals surface area contributed by atoms with E-state index in [-0.39, 0.29) is 0 Å². The molecule has 0 unspecified atom stereocenters. The van der Waals surface area contributed by atoms with Crippen LogP contribution in [-0.4, -0.2) is 24.9 Å². The van der Waals surface area contributed by atoms with E-state index in [9.17, 15) is 0 Å². The summed E-state index contributed by atoms with van der Waals surface area (Å²) in [6.45, 7) is 0. The monoisotopic (exact) mass is 1540 g/mol. The summed E-state index contributed by atoms with van der Waals surface area (Å²) in [6.07, 6.45) is 9.08. The number of nitrogens with zero attached hydrogens (tertiary/aromatic N) is 5. The third kappa shape index (κ3) is 12.0. The van der Waals surface area contributed by atoms with Crippen molar-refractivity contribution in [1.29, 1.82) is 0 Å². The van der Waals surface area contributed by atoms with Crippen molar-refractivity contribution in [2.45, 2.75) is 0 Å². The summed E-state index contributed by atoms with van der Waals surface area (Å²) in [5, 5.41) is 22.3.